The monoisotopic (exact) mass is 282 g/mol. The molecular formula is C15H14N4O2. The van der Waals surface area contributed by atoms with Crippen LogP contribution in [0.4, 0.5) is 5.82 Å². The molecule has 0 aliphatic heterocycles. The summed E-state index contributed by atoms with van der Waals surface area (Å²) in [5.74, 6) is -0.246. The molecule has 0 fully saturated rings. The van der Waals surface area contributed by atoms with Crippen molar-refractivity contribution in [1.29, 1.82) is 0 Å². The Hall–Kier alpha value is -2.89. The van der Waals surface area contributed by atoms with Crippen molar-refractivity contribution in [3.05, 3.63) is 53.9 Å². The van der Waals surface area contributed by atoms with Crippen molar-refractivity contribution in [3.8, 4) is 0 Å². The van der Waals surface area contributed by atoms with Crippen molar-refractivity contribution in [2.24, 2.45) is 7.05 Å². The van der Waals surface area contributed by atoms with E-state index >= 15 is 0 Å². The van der Waals surface area contributed by atoms with Gasteiger partial charge in [-0.15, -0.1) is 0 Å². The average Bonchev–Trinajstić information content (AvgIpc) is 2.89. The topological polar surface area (TPSA) is 80.0 Å². The Morgan fingerprint density at radius 3 is 2.86 bits per heavy atom. The van der Waals surface area contributed by atoms with E-state index in [2.05, 4.69) is 15.4 Å². The quantitative estimate of drug-likeness (QED) is 0.767. The molecular weight excluding hydrogens is 268 g/mol. The van der Waals surface area contributed by atoms with Gasteiger partial charge in [-0.2, -0.15) is 5.10 Å². The third kappa shape index (κ3) is 2.55. The lowest BCUT2D eigenvalue weighted by Gasteiger charge is -2.08. The van der Waals surface area contributed by atoms with E-state index in [0.717, 1.165) is 5.69 Å². The van der Waals surface area contributed by atoms with Crippen LogP contribution in [0.25, 0.3) is 10.9 Å². The first-order valence-corrected chi connectivity index (χ1v) is 6.49. The maximum absolute atomic E-state index is 11.2. The SMILES string of the molecule is Cn1nccc1CNc1ccc2c(C(=O)O)cccc2n1. The first-order chi connectivity index (χ1) is 10.1. The molecule has 106 valence electrons. The Morgan fingerprint density at radius 2 is 2.14 bits per heavy atom. The summed E-state index contributed by atoms with van der Waals surface area (Å²) >= 11 is 0. The molecule has 2 aromatic heterocycles. The highest BCUT2D eigenvalue weighted by Crippen LogP contribution is 2.19. The third-order valence-electron chi connectivity index (χ3n) is 3.34. The molecule has 6 nitrogen and oxygen atoms in total. The Balaban J connectivity index is 1.88. The van der Waals surface area contributed by atoms with Crippen LogP contribution >= 0.6 is 0 Å². The average molecular weight is 282 g/mol. The molecule has 21 heavy (non-hydrogen) atoms. The number of nitrogens with one attached hydrogen (secondary N) is 1. The van der Waals surface area contributed by atoms with Crippen LogP contribution < -0.4 is 5.32 Å². The minimum atomic E-state index is -0.946. The molecule has 0 atom stereocenters. The van der Waals surface area contributed by atoms with Crippen LogP contribution in [-0.4, -0.2) is 25.8 Å². The molecule has 0 bridgehead atoms. The minimum absolute atomic E-state index is 0.262. The molecule has 2 N–H and O–H groups in total. The van der Waals surface area contributed by atoms with Crippen molar-refractivity contribution < 1.29 is 9.90 Å². The molecule has 2 heterocycles. The highest BCUT2D eigenvalue weighted by atomic mass is 16.4. The van der Waals surface area contributed by atoms with Gasteiger partial charge in [-0.25, -0.2) is 9.78 Å². The number of benzene rings is 1. The van der Waals surface area contributed by atoms with E-state index < -0.39 is 5.97 Å². The fourth-order valence-corrected chi connectivity index (χ4v) is 2.20. The zero-order valence-corrected chi connectivity index (χ0v) is 11.4. The molecule has 0 unspecified atom stereocenters. The predicted octanol–water partition coefficient (Wildman–Crippen LogP) is 2.28. The second-order valence-electron chi connectivity index (χ2n) is 4.67. The fourth-order valence-electron chi connectivity index (χ4n) is 2.20. The van der Waals surface area contributed by atoms with Crippen LogP contribution in [0, 0.1) is 0 Å². The van der Waals surface area contributed by atoms with Crippen molar-refractivity contribution in [3.63, 3.8) is 0 Å². The van der Waals surface area contributed by atoms with Gasteiger partial charge in [0.2, 0.25) is 0 Å². The Morgan fingerprint density at radius 1 is 1.29 bits per heavy atom. The number of aromatic carboxylic acids is 1. The van der Waals surface area contributed by atoms with E-state index in [4.69, 9.17) is 5.11 Å². The van der Waals surface area contributed by atoms with Crippen LogP contribution in [0.3, 0.4) is 0 Å². The van der Waals surface area contributed by atoms with Crippen LogP contribution in [0.5, 0.6) is 0 Å². The first-order valence-electron chi connectivity index (χ1n) is 6.49. The summed E-state index contributed by atoms with van der Waals surface area (Å²) in [6.07, 6.45) is 1.74. The van der Waals surface area contributed by atoms with Gasteiger partial charge in [-0.1, -0.05) is 6.07 Å². The lowest BCUT2D eigenvalue weighted by atomic mass is 10.1. The normalized spacial score (nSPS) is 10.7. The maximum Gasteiger partial charge on any atom is 0.336 e. The van der Waals surface area contributed by atoms with E-state index in [1.165, 1.54) is 0 Å². The summed E-state index contributed by atoms with van der Waals surface area (Å²) in [6, 6.07) is 10.6. The molecule has 0 aliphatic rings. The van der Waals surface area contributed by atoms with Gasteiger partial charge in [0.05, 0.1) is 23.3 Å². The fraction of sp³-hybridized carbons (Fsp3) is 0.133. The molecule has 0 saturated carbocycles. The smallest absolute Gasteiger partial charge is 0.336 e. The molecule has 3 aromatic rings. The summed E-state index contributed by atoms with van der Waals surface area (Å²) in [5.41, 5.74) is 1.96. The van der Waals surface area contributed by atoms with Gasteiger partial charge in [0.25, 0.3) is 0 Å². The summed E-state index contributed by atoms with van der Waals surface area (Å²) < 4.78 is 1.79. The van der Waals surface area contributed by atoms with E-state index in [-0.39, 0.29) is 5.56 Å². The van der Waals surface area contributed by atoms with Gasteiger partial charge in [0, 0.05) is 18.6 Å². The number of pyridine rings is 1. The molecule has 0 radical (unpaired) electrons. The number of nitrogens with zero attached hydrogens (tertiary/aromatic N) is 3. The summed E-state index contributed by atoms with van der Waals surface area (Å²) in [6.45, 7) is 0.605. The van der Waals surface area contributed by atoms with Crippen molar-refractivity contribution in [2.45, 2.75) is 6.54 Å². The number of carboxylic acid groups (broad SMARTS) is 1. The maximum atomic E-state index is 11.2. The molecule has 0 spiro atoms. The molecule has 1 aromatic carbocycles. The number of aryl methyl sites for hydroxylation is 1. The van der Waals surface area contributed by atoms with E-state index in [1.54, 1.807) is 41.2 Å². The predicted molar refractivity (Wildman–Crippen MR) is 79.2 cm³/mol. The second kappa shape index (κ2) is 5.24. The highest BCUT2D eigenvalue weighted by molar-refractivity contribution is 6.02. The molecule has 6 heteroatoms. The Labute approximate surface area is 121 Å². The van der Waals surface area contributed by atoms with Gasteiger partial charge in [0.1, 0.15) is 5.82 Å². The summed E-state index contributed by atoms with van der Waals surface area (Å²) in [5, 5.41) is 17.1. The van der Waals surface area contributed by atoms with E-state index in [0.29, 0.717) is 23.3 Å². The largest absolute Gasteiger partial charge is 0.478 e. The number of aromatic nitrogens is 3. The van der Waals surface area contributed by atoms with Crippen molar-refractivity contribution in [2.75, 3.05) is 5.32 Å². The third-order valence-corrected chi connectivity index (χ3v) is 3.34. The number of hydrogen-bond acceptors (Lipinski definition) is 4. The lowest BCUT2D eigenvalue weighted by Crippen LogP contribution is -2.06. The van der Waals surface area contributed by atoms with Crippen molar-refractivity contribution in [1.82, 2.24) is 14.8 Å². The second-order valence-corrected chi connectivity index (χ2v) is 4.67. The standard InChI is InChI=1S/C15H14N4O2/c1-19-10(7-8-17-19)9-16-14-6-5-11-12(15(20)21)3-2-4-13(11)18-14/h2-8H,9H2,1H3,(H,16,18)(H,20,21). The summed E-state index contributed by atoms with van der Waals surface area (Å²) in [7, 11) is 1.88. The van der Waals surface area contributed by atoms with Crippen LogP contribution in [0.1, 0.15) is 16.1 Å². The number of hydrogen-bond donors (Lipinski definition) is 2. The molecule has 0 saturated heterocycles. The number of anilines is 1. The number of carbonyl (C=O) groups is 1. The zero-order chi connectivity index (χ0) is 14.8. The number of fused-ring (bicyclic) bond motifs is 1. The van der Waals surface area contributed by atoms with Gasteiger partial charge < -0.3 is 10.4 Å². The molecule has 3 rings (SSSR count). The van der Waals surface area contributed by atoms with Gasteiger partial charge in [0.15, 0.2) is 0 Å². The van der Waals surface area contributed by atoms with Crippen LogP contribution in [-0.2, 0) is 13.6 Å². The van der Waals surface area contributed by atoms with Gasteiger partial charge in [-0.05, 0) is 30.3 Å². The summed E-state index contributed by atoms with van der Waals surface area (Å²) in [4.78, 5) is 15.6. The van der Waals surface area contributed by atoms with Crippen LogP contribution in [0.2, 0.25) is 0 Å². The Kier molecular flexibility index (Phi) is 3.27. The first kappa shape index (κ1) is 13.1. The molecule has 0 amide bonds. The van der Waals surface area contributed by atoms with E-state index in [9.17, 15) is 4.79 Å². The van der Waals surface area contributed by atoms with Crippen molar-refractivity contribution >= 4 is 22.7 Å². The van der Waals surface area contributed by atoms with Gasteiger partial charge in [-0.3, -0.25) is 4.68 Å². The zero-order valence-electron chi connectivity index (χ0n) is 11.4. The number of carboxylic acids is 1. The minimum Gasteiger partial charge on any atom is -0.478 e. The lowest BCUT2D eigenvalue weighted by molar-refractivity contribution is 0.0699. The van der Waals surface area contributed by atoms with E-state index in [1.807, 2.05) is 13.1 Å². The number of rotatable bonds is 4. The van der Waals surface area contributed by atoms with Crippen LogP contribution in [0.15, 0.2) is 42.6 Å². The van der Waals surface area contributed by atoms with Gasteiger partial charge >= 0.3 is 5.97 Å². The Bertz CT molecular complexity index is 810. The molecule has 0 aliphatic carbocycles. The highest BCUT2D eigenvalue weighted by Gasteiger charge is 2.09.